The molecule has 2 N–H and O–H groups in total. The number of hydrogen-bond donors (Lipinski definition) is 2. The second-order valence-electron chi connectivity index (χ2n) is 3.73. The lowest BCUT2D eigenvalue weighted by Crippen LogP contribution is -2.32. The molecule has 15 heavy (non-hydrogen) atoms. The highest BCUT2D eigenvalue weighted by molar-refractivity contribution is 5.93. The third-order valence-corrected chi connectivity index (χ3v) is 2.34. The van der Waals surface area contributed by atoms with Crippen LogP contribution in [0, 0.1) is 0 Å². The summed E-state index contributed by atoms with van der Waals surface area (Å²) in [5, 5.41) is 6.17. The van der Waals surface area contributed by atoms with Gasteiger partial charge in [-0.1, -0.05) is 0 Å². The van der Waals surface area contributed by atoms with Gasteiger partial charge in [-0.15, -0.1) is 0 Å². The number of rotatable bonds is 5. The number of carbonyl (C=O) groups is 1. The summed E-state index contributed by atoms with van der Waals surface area (Å²) in [6.07, 6.45) is 5.78. The van der Waals surface area contributed by atoms with Crippen LogP contribution in [-0.4, -0.2) is 30.0 Å². The van der Waals surface area contributed by atoms with Crippen molar-refractivity contribution < 1.29 is 4.79 Å². The first-order valence-electron chi connectivity index (χ1n) is 5.28. The summed E-state index contributed by atoms with van der Waals surface area (Å²) in [6, 6.07) is 4.22. The Balaban J connectivity index is 1.67. The largest absolute Gasteiger partial charge is 0.351 e. The highest BCUT2D eigenvalue weighted by Crippen LogP contribution is 2.17. The smallest absolute Gasteiger partial charge is 0.252 e. The lowest BCUT2D eigenvalue weighted by molar-refractivity contribution is 0.0953. The van der Waals surface area contributed by atoms with Gasteiger partial charge in [0.2, 0.25) is 0 Å². The van der Waals surface area contributed by atoms with Crippen molar-refractivity contribution in [2.75, 3.05) is 13.1 Å². The Labute approximate surface area is 89.1 Å². The summed E-state index contributed by atoms with van der Waals surface area (Å²) in [4.78, 5) is 15.4. The lowest BCUT2D eigenvalue weighted by Gasteiger charge is -2.05. The fourth-order valence-electron chi connectivity index (χ4n) is 1.34. The summed E-state index contributed by atoms with van der Waals surface area (Å²) < 4.78 is 0. The zero-order chi connectivity index (χ0) is 10.5. The fourth-order valence-corrected chi connectivity index (χ4v) is 1.34. The molecule has 1 aliphatic carbocycles. The molecular formula is C11H15N3O. The predicted octanol–water partition coefficient (Wildman–Crippen LogP) is 0.563. The van der Waals surface area contributed by atoms with Crippen molar-refractivity contribution in [3.8, 4) is 0 Å². The van der Waals surface area contributed by atoms with E-state index in [0.29, 0.717) is 18.2 Å². The van der Waals surface area contributed by atoms with Crippen LogP contribution in [0.4, 0.5) is 0 Å². The molecule has 0 spiro atoms. The molecule has 0 atom stereocenters. The molecule has 0 aliphatic heterocycles. The zero-order valence-electron chi connectivity index (χ0n) is 8.57. The van der Waals surface area contributed by atoms with Gasteiger partial charge in [-0.05, 0) is 25.0 Å². The van der Waals surface area contributed by atoms with Gasteiger partial charge in [0, 0.05) is 31.5 Å². The molecule has 4 nitrogen and oxygen atoms in total. The van der Waals surface area contributed by atoms with Gasteiger partial charge in [0.05, 0.1) is 5.56 Å². The standard InChI is InChI=1S/C11H15N3O/c15-11(9-2-1-5-12-8-9)14-7-6-13-10-3-4-10/h1-2,5,8,10,13H,3-4,6-7H2,(H,14,15). The van der Waals surface area contributed by atoms with Crippen LogP contribution >= 0.6 is 0 Å². The van der Waals surface area contributed by atoms with Crippen LogP contribution in [-0.2, 0) is 0 Å². The van der Waals surface area contributed by atoms with Crippen LogP contribution in [0.2, 0.25) is 0 Å². The van der Waals surface area contributed by atoms with E-state index >= 15 is 0 Å². The molecule has 1 aromatic heterocycles. The molecule has 1 saturated carbocycles. The van der Waals surface area contributed by atoms with Crippen LogP contribution in [0.1, 0.15) is 23.2 Å². The number of aromatic nitrogens is 1. The monoisotopic (exact) mass is 205 g/mol. The van der Waals surface area contributed by atoms with E-state index < -0.39 is 0 Å². The number of hydrogen-bond acceptors (Lipinski definition) is 3. The molecule has 0 radical (unpaired) electrons. The average molecular weight is 205 g/mol. The number of carbonyl (C=O) groups excluding carboxylic acids is 1. The van der Waals surface area contributed by atoms with Crippen LogP contribution in [0.15, 0.2) is 24.5 Å². The van der Waals surface area contributed by atoms with Crippen molar-refractivity contribution in [2.24, 2.45) is 0 Å². The molecule has 1 aliphatic rings. The van der Waals surface area contributed by atoms with Crippen LogP contribution < -0.4 is 10.6 Å². The maximum Gasteiger partial charge on any atom is 0.252 e. The molecule has 1 heterocycles. The molecule has 80 valence electrons. The van der Waals surface area contributed by atoms with E-state index in [2.05, 4.69) is 15.6 Å². The van der Waals surface area contributed by atoms with Gasteiger partial charge in [0.1, 0.15) is 0 Å². The molecule has 1 aromatic rings. The summed E-state index contributed by atoms with van der Waals surface area (Å²) in [7, 11) is 0. The van der Waals surface area contributed by atoms with Crippen molar-refractivity contribution in [1.29, 1.82) is 0 Å². The number of pyridine rings is 1. The van der Waals surface area contributed by atoms with Gasteiger partial charge in [-0.3, -0.25) is 9.78 Å². The van der Waals surface area contributed by atoms with Crippen molar-refractivity contribution >= 4 is 5.91 Å². The molecular weight excluding hydrogens is 190 g/mol. The summed E-state index contributed by atoms with van der Waals surface area (Å²) in [6.45, 7) is 1.51. The molecule has 1 fully saturated rings. The summed E-state index contributed by atoms with van der Waals surface area (Å²) >= 11 is 0. The minimum Gasteiger partial charge on any atom is -0.351 e. The van der Waals surface area contributed by atoms with Gasteiger partial charge in [0.25, 0.3) is 5.91 Å². The van der Waals surface area contributed by atoms with Crippen molar-refractivity contribution in [1.82, 2.24) is 15.6 Å². The van der Waals surface area contributed by atoms with E-state index in [4.69, 9.17) is 0 Å². The third-order valence-electron chi connectivity index (χ3n) is 2.34. The molecule has 0 bridgehead atoms. The Morgan fingerprint density at radius 1 is 1.47 bits per heavy atom. The molecule has 0 unspecified atom stereocenters. The van der Waals surface area contributed by atoms with Gasteiger partial charge >= 0.3 is 0 Å². The van der Waals surface area contributed by atoms with E-state index in [0.717, 1.165) is 6.54 Å². The van der Waals surface area contributed by atoms with Gasteiger partial charge in [0.15, 0.2) is 0 Å². The van der Waals surface area contributed by atoms with Crippen molar-refractivity contribution in [3.63, 3.8) is 0 Å². The molecule has 0 aromatic carbocycles. The van der Waals surface area contributed by atoms with E-state index in [-0.39, 0.29) is 5.91 Å². The normalized spacial score (nSPS) is 14.9. The van der Waals surface area contributed by atoms with Gasteiger partial charge in [-0.2, -0.15) is 0 Å². The highest BCUT2D eigenvalue weighted by Gasteiger charge is 2.19. The summed E-state index contributed by atoms with van der Waals surface area (Å²) in [5.74, 6) is -0.0549. The van der Waals surface area contributed by atoms with Crippen molar-refractivity contribution in [2.45, 2.75) is 18.9 Å². The third kappa shape index (κ3) is 3.32. The molecule has 4 heteroatoms. The Morgan fingerprint density at radius 2 is 2.33 bits per heavy atom. The average Bonchev–Trinajstić information content (AvgIpc) is 3.09. The topological polar surface area (TPSA) is 54.0 Å². The Hall–Kier alpha value is -1.42. The minimum atomic E-state index is -0.0549. The van der Waals surface area contributed by atoms with E-state index in [1.807, 2.05) is 0 Å². The summed E-state index contributed by atoms with van der Waals surface area (Å²) in [5.41, 5.74) is 0.615. The van der Waals surface area contributed by atoms with Crippen molar-refractivity contribution in [3.05, 3.63) is 30.1 Å². The van der Waals surface area contributed by atoms with Crippen LogP contribution in [0.25, 0.3) is 0 Å². The molecule has 0 saturated heterocycles. The van der Waals surface area contributed by atoms with E-state index in [1.165, 1.54) is 12.8 Å². The number of nitrogens with zero attached hydrogens (tertiary/aromatic N) is 1. The first kappa shape index (κ1) is 10.1. The zero-order valence-corrected chi connectivity index (χ0v) is 8.57. The predicted molar refractivity (Wildman–Crippen MR) is 57.6 cm³/mol. The SMILES string of the molecule is O=C(NCCNC1CC1)c1cccnc1. The maximum absolute atomic E-state index is 11.5. The number of amides is 1. The number of nitrogens with one attached hydrogen (secondary N) is 2. The van der Waals surface area contributed by atoms with Gasteiger partial charge in [-0.25, -0.2) is 0 Å². The first-order chi connectivity index (χ1) is 7.36. The first-order valence-corrected chi connectivity index (χ1v) is 5.28. The Bertz CT molecular complexity index is 322. The lowest BCUT2D eigenvalue weighted by atomic mass is 10.3. The Kier molecular flexibility index (Phi) is 3.29. The quantitative estimate of drug-likeness (QED) is 0.691. The van der Waals surface area contributed by atoms with Gasteiger partial charge < -0.3 is 10.6 Å². The second kappa shape index (κ2) is 4.89. The second-order valence-corrected chi connectivity index (χ2v) is 3.73. The van der Waals surface area contributed by atoms with E-state index in [1.54, 1.807) is 24.5 Å². The highest BCUT2D eigenvalue weighted by atomic mass is 16.1. The van der Waals surface area contributed by atoms with Crippen LogP contribution in [0.3, 0.4) is 0 Å². The minimum absolute atomic E-state index is 0.0549. The molecule has 1 amide bonds. The molecule has 2 rings (SSSR count). The van der Waals surface area contributed by atoms with E-state index in [9.17, 15) is 4.79 Å². The van der Waals surface area contributed by atoms with Crippen LogP contribution in [0.5, 0.6) is 0 Å². The fraction of sp³-hybridized carbons (Fsp3) is 0.455. The maximum atomic E-state index is 11.5. The Morgan fingerprint density at radius 3 is 3.00 bits per heavy atom.